The molecule has 3 N–H and O–H groups in total. The van der Waals surface area contributed by atoms with E-state index in [0.29, 0.717) is 11.5 Å². The fourth-order valence-electron chi connectivity index (χ4n) is 3.69. The molecule has 0 aromatic heterocycles. The molecule has 0 aliphatic carbocycles. The average Bonchev–Trinajstić information content (AvgIpc) is 2.79. The lowest BCUT2D eigenvalue weighted by Crippen LogP contribution is -1.94. The van der Waals surface area contributed by atoms with Crippen LogP contribution in [0.4, 0.5) is 0 Å². The molecule has 0 aliphatic heterocycles. The number of ether oxygens (including phenoxy) is 1. The van der Waals surface area contributed by atoms with Crippen molar-refractivity contribution >= 4 is 0 Å². The van der Waals surface area contributed by atoms with E-state index in [4.69, 9.17) is 4.74 Å². The quantitative estimate of drug-likeness (QED) is 0.315. The first kappa shape index (κ1) is 21.3. The van der Waals surface area contributed by atoms with E-state index in [2.05, 4.69) is 0 Å². The third kappa shape index (κ3) is 5.82. The first-order valence-corrected chi connectivity index (χ1v) is 10.7. The number of aromatic hydroxyl groups is 3. The van der Waals surface area contributed by atoms with Crippen molar-refractivity contribution in [1.82, 2.24) is 0 Å². The van der Waals surface area contributed by atoms with Crippen molar-refractivity contribution < 1.29 is 20.1 Å². The van der Waals surface area contributed by atoms with Crippen LogP contribution in [0.15, 0.2) is 91.0 Å². The Kier molecular flexibility index (Phi) is 6.61. The van der Waals surface area contributed by atoms with E-state index in [9.17, 15) is 15.3 Å². The number of phenols is 3. The Morgan fingerprint density at radius 2 is 1.00 bits per heavy atom. The zero-order valence-electron chi connectivity index (χ0n) is 17.7. The minimum atomic E-state index is 0.0938. The van der Waals surface area contributed by atoms with Gasteiger partial charge in [-0.3, -0.25) is 0 Å². The van der Waals surface area contributed by atoms with Gasteiger partial charge < -0.3 is 20.1 Å². The van der Waals surface area contributed by atoms with Crippen molar-refractivity contribution in [3.8, 4) is 28.7 Å². The molecule has 0 bridgehead atoms. The molecule has 4 nitrogen and oxygen atoms in total. The van der Waals surface area contributed by atoms with Crippen molar-refractivity contribution in [2.45, 2.75) is 25.7 Å². The first-order chi connectivity index (χ1) is 15.5. The molecule has 0 fully saturated rings. The maximum atomic E-state index is 10.3. The highest BCUT2D eigenvalue weighted by atomic mass is 16.5. The summed E-state index contributed by atoms with van der Waals surface area (Å²) in [5.41, 5.74) is 4.29. The van der Waals surface area contributed by atoms with Gasteiger partial charge in [-0.05, 0) is 96.5 Å². The molecule has 32 heavy (non-hydrogen) atoms. The van der Waals surface area contributed by atoms with Crippen molar-refractivity contribution in [1.29, 1.82) is 0 Å². The van der Waals surface area contributed by atoms with E-state index in [0.717, 1.165) is 47.9 Å². The zero-order chi connectivity index (χ0) is 22.3. The Hall–Kier alpha value is -3.92. The topological polar surface area (TPSA) is 69.9 Å². The van der Waals surface area contributed by atoms with Gasteiger partial charge in [-0.1, -0.05) is 42.5 Å². The van der Waals surface area contributed by atoms with Gasteiger partial charge in [-0.2, -0.15) is 0 Å². The Labute approximate surface area is 188 Å². The molecule has 0 atom stereocenters. The average molecular weight is 427 g/mol. The minimum Gasteiger partial charge on any atom is -0.508 e. The highest BCUT2D eigenvalue weighted by Gasteiger charge is 2.08. The van der Waals surface area contributed by atoms with E-state index in [1.165, 1.54) is 0 Å². The van der Waals surface area contributed by atoms with Crippen LogP contribution >= 0.6 is 0 Å². The number of aryl methyl sites for hydroxylation is 4. The lowest BCUT2D eigenvalue weighted by atomic mass is 10.0. The fourth-order valence-corrected chi connectivity index (χ4v) is 3.69. The van der Waals surface area contributed by atoms with Crippen LogP contribution in [-0.4, -0.2) is 15.3 Å². The van der Waals surface area contributed by atoms with E-state index in [1.54, 1.807) is 30.3 Å². The molecule has 0 unspecified atom stereocenters. The predicted octanol–water partition coefficient (Wildman–Crippen LogP) is 6.17. The van der Waals surface area contributed by atoms with Crippen molar-refractivity contribution in [2.24, 2.45) is 0 Å². The van der Waals surface area contributed by atoms with Crippen LogP contribution < -0.4 is 4.74 Å². The second-order valence-corrected chi connectivity index (χ2v) is 7.89. The molecule has 4 aromatic carbocycles. The molecular weight excluding hydrogens is 400 g/mol. The summed E-state index contributed by atoms with van der Waals surface area (Å²) in [5, 5.41) is 29.5. The SMILES string of the molecule is Oc1cccc(CCc2cccc(Oc3cc(CCc4cccc(O)c4)ccc3O)c2)c1. The molecule has 4 heteroatoms. The number of benzene rings is 4. The Morgan fingerprint density at radius 1 is 0.500 bits per heavy atom. The molecule has 4 rings (SSSR count). The van der Waals surface area contributed by atoms with E-state index in [1.807, 2.05) is 60.7 Å². The van der Waals surface area contributed by atoms with Crippen molar-refractivity contribution in [2.75, 3.05) is 0 Å². The van der Waals surface area contributed by atoms with Crippen LogP contribution in [0.5, 0.6) is 28.7 Å². The van der Waals surface area contributed by atoms with Crippen molar-refractivity contribution in [3.63, 3.8) is 0 Å². The number of hydrogen-bond acceptors (Lipinski definition) is 4. The summed E-state index contributed by atoms with van der Waals surface area (Å²) < 4.78 is 6.00. The fraction of sp³-hybridized carbons (Fsp3) is 0.143. The van der Waals surface area contributed by atoms with E-state index < -0.39 is 0 Å². The first-order valence-electron chi connectivity index (χ1n) is 10.7. The molecule has 0 heterocycles. The van der Waals surface area contributed by atoms with Gasteiger partial charge in [0.2, 0.25) is 0 Å². The Bertz CT molecular complexity index is 1200. The standard InChI is InChI=1S/C28H26O4/c29-24-7-1-4-20(16-24)10-12-22-6-3-9-26(18-22)32-28-19-23(14-15-27(28)31)13-11-21-5-2-8-25(30)17-21/h1-9,14-19,29-31H,10-13H2. The molecule has 0 saturated heterocycles. The Balaban J connectivity index is 1.42. The molecule has 0 amide bonds. The summed E-state index contributed by atoms with van der Waals surface area (Å²) in [6.07, 6.45) is 3.18. The second kappa shape index (κ2) is 9.92. The van der Waals surface area contributed by atoms with Gasteiger partial charge >= 0.3 is 0 Å². The molecule has 4 aromatic rings. The summed E-state index contributed by atoms with van der Waals surface area (Å²) in [6.45, 7) is 0. The van der Waals surface area contributed by atoms with E-state index in [-0.39, 0.29) is 17.2 Å². The monoisotopic (exact) mass is 426 g/mol. The summed E-state index contributed by atoms with van der Waals surface area (Å²) in [5.74, 6) is 1.72. The lowest BCUT2D eigenvalue weighted by Gasteiger charge is -2.11. The maximum Gasteiger partial charge on any atom is 0.169 e. The third-order valence-electron chi connectivity index (χ3n) is 5.38. The van der Waals surface area contributed by atoms with Crippen LogP contribution in [0.3, 0.4) is 0 Å². The van der Waals surface area contributed by atoms with E-state index >= 15 is 0 Å². The summed E-state index contributed by atoms with van der Waals surface area (Å²) in [6, 6.07) is 27.8. The minimum absolute atomic E-state index is 0.0938. The normalized spacial score (nSPS) is 10.8. The molecule has 0 aliphatic rings. The van der Waals surface area contributed by atoms with Crippen LogP contribution in [0.2, 0.25) is 0 Å². The van der Waals surface area contributed by atoms with Gasteiger partial charge in [0.1, 0.15) is 17.2 Å². The molecule has 0 radical (unpaired) electrons. The Morgan fingerprint density at radius 3 is 1.56 bits per heavy atom. The number of phenolic OH excluding ortho intramolecular Hbond substituents is 3. The van der Waals surface area contributed by atoms with Crippen LogP contribution in [0.1, 0.15) is 22.3 Å². The lowest BCUT2D eigenvalue weighted by molar-refractivity contribution is 0.410. The van der Waals surface area contributed by atoms with Gasteiger partial charge in [0.05, 0.1) is 0 Å². The maximum absolute atomic E-state index is 10.3. The number of hydrogen-bond donors (Lipinski definition) is 3. The van der Waals surface area contributed by atoms with Gasteiger partial charge in [0, 0.05) is 0 Å². The second-order valence-electron chi connectivity index (χ2n) is 7.89. The highest BCUT2D eigenvalue weighted by molar-refractivity contribution is 5.45. The smallest absolute Gasteiger partial charge is 0.169 e. The van der Waals surface area contributed by atoms with Crippen LogP contribution in [-0.2, 0) is 25.7 Å². The van der Waals surface area contributed by atoms with Gasteiger partial charge in [-0.25, -0.2) is 0 Å². The third-order valence-corrected chi connectivity index (χ3v) is 5.38. The molecule has 0 spiro atoms. The van der Waals surface area contributed by atoms with Crippen LogP contribution in [0, 0.1) is 0 Å². The molecule has 0 saturated carbocycles. The zero-order valence-corrected chi connectivity index (χ0v) is 17.7. The predicted molar refractivity (Wildman–Crippen MR) is 126 cm³/mol. The van der Waals surface area contributed by atoms with Gasteiger partial charge in [0.15, 0.2) is 11.5 Å². The summed E-state index contributed by atoms with van der Waals surface area (Å²) in [7, 11) is 0. The van der Waals surface area contributed by atoms with Crippen molar-refractivity contribution in [3.05, 3.63) is 113 Å². The summed E-state index contributed by atoms with van der Waals surface area (Å²) >= 11 is 0. The summed E-state index contributed by atoms with van der Waals surface area (Å²) in [4.78, 5) is 0. The van der Waals surface area contributed by atoms with Gasteiger partial charge in [-0.15, -0.1) is 0 Å². The highest BCUT2D eigenvalue weighted by Crippen LogP contribution is 2.32. The number of rotatable bonds is 8. The van der Waals surface area contributed by atoms with Crippen LogP contribution in [0.25, 0.3) is 0 Å². The molecular formula is C28H26O4. The molecule has 162 valence electrons. The largest absolute Gasteiger partial charge is 0.508 e. The van der Waals surface area contributed by atoms with Gasteiger partial charge in [0.25, 0.3) is 0 Å².